The molecule has 4 heteroatoms. The van der Waals surface area contributed by atoms with Gasteiger partial charge in [0.1, 0.15) is 0 Å². The Labute approximate surface area is 120 Å². The predicted molar refractivity (Wildman–Crippen MR) is 78.2 cm³/mol. The minimum atomic E-state index is 0.302. The van der Waals surface area contributed by atoms with E-state index in [1.165, 1.54) is 24.8 Å². The van der Waals surface area contributed by atoms with Crippen LogP contribution in [0.5, 0.6) is 0 Å². The molecule has 1 saturated carbocycles. The van der Waals surface area contributed by atoms with E-state index in [0.717, 1.165) is 19.5 Å². The third-order valence-electron chi connectivity index (χ3n) is 4.44. The molecule has 2 fully saturated rings. The lowest BCUT2D eigenvalue weighted by atomic mass is 10.1. The molecule has 2 aliphatic rings. The van der Waals surface area contributed by atoms with Gasteiger partial charge >= 0.3 is 0 Å². The predicted octanol–water partition coefficient (Wildman–Crippen LogP) is 2.23. The molecular weight excluding hydrogens is 250 g/mol. The Morgan fingerprint density at radius 2 is 2.10 bits per heavy atom. The summed E-state index contributed by atoms with van der Waals surface area (Å²) in [7, 11) is 0. The van der Waals surface area contributed by atoms with E-state index < -0.39 is 0 Å². The zero-order valence-corrected chi connectivity index (χ0v) is 12.2. The molecule has 1 saturated heterocycles. The van der Waals surface area contributed by atoms with Crippen molar-refractivity contribution in [3.05, 3.63) is 30.1 Å². The van der Waals surface area contributed by atoms with Gasteiger partial charge in [-0.1, -0.05) is 0 Å². The smallest absolute Gasteiger partial charge is 0.237 e. The molecule has 1 aromatic rings. The molecular formula is C16H23N3O. The van der Waals surface area contributed by atoms with Crippen molar-refractivity contribution in [2.45, 2.75) is 44.7 Å². The first-order valence-corrected chi connectivity index (χ1v) is 7.73. The van der Waals surface area contributed by atoms with Crippen molar-refractivity contribution in [2.24, 2.45) is 0 Å². The number of carbonyl (C=O) groups excluding carboxylic acids is 1. The van der Waals surface area contributed by atoms with Crippen LogP contribution in [0.25, 0.3) is 0 Å². The molecule has 1 aliphatic carbocycles. The standard InChI is InChI=1S/C16H23N3O/c1-2-19(14-5-6-14)16(20)12-18-11-3-4-15(18)13-7-9-17-10-8-13/h7-10,14-15H,2-6,11-12H2,1H3/t15-/m0/s1. The summed E-state index contributed by atoms with van der Waals surface area (Å²) in [5.74, 6) is 0.302. The Hall–Kier alpha value is -1.42. The lowest BCUT2D eigenvalue weighted by molar-refractivity contribution is -0.133. The maximum atomic E-state index is 12.5. The van der Waals surface area contributed by atoms with Crippen LogP contribution in [0.3, 0.4) is 0 Å². The number of hydrogen-bond acceptors (Lipinski definition) is 3. The van der Waals surface area contributed by atoms with Gasteiger partial charge in [0.25, 0.3) is 0 Å². The van der Waals surface area contributed by atoms with E-state index in [0.29, 0.717) is 24.5 Å². The monoisotopic (exact) mass is 273 g/mol. The minimum absolute atomic E-state index is 0.302. The van der Waals surface area contributed by atoms with E-state index in [4.69, 9.17) is 0 Å². The Morgan fingerprint density at radius 3 is 2.75 bits per heavy atom. The topological polar surface area (TPSA) is 36.4 Å². The molecule has 3 rings (SSSR count). The normalized spacial score (nSPS) is 22.9. The average molecular weight is 273 g/mol. The third kappa shape index (κ3) is 2.85. The van der Waals surface area contributed by atoms with Crippen LogP contribution in [-0.2, 0) is 4.79 Å². The van der Waals surface area contributed by atoms with Crippen molar-refractivity contribution in [1.29, 1.82) is 0 Å². The largest absolute Gasteiger partial charge is 0.339 e. The molecule has 1 aromatic heterocycles. The number of amides is 1. The SMILES string of the molecule is CCN(C(=O)CN1CCC[C@H]1c1ccncc1)C1CC1. The summed E-state index contributed by atoms with van der Waals surface area (Å²) in [6.07, 6.45) is 8.38. The number of carbonyl (C=O) groups is 1. The minimum Gasteiger partial charge on any atom is -0.339 e. The molecule has 0 aromatic carbocycles. The fraction of sp³-hybridized carbons (Fsp3) is 0.625. The van der Waals surface area contributed by atoms with Gasteiger partial charge in [0, 0.05) is 31.0 Å². The molecule has 2 heterocycles. The van der Waals surface area contributed by atoms with Crippen molar-refractivity contribution < 1.29 is 4.79 Å². The van der Waals surface area contributed by atoms with Gasteiger partial charge in [-0.15, -0.1) is 0 Å². The van der Waals surface area contributed by atoms with E-state index in [1.807, 2.05) is 12.4 Å². The molecule has 0 spiro atoms. The highest BCUT2D eigenvalue weighted by molar-refractivity contribution is 5.79. The number of hydrogen-bond donors (Lipinski definition) is 0. The summed E-state index contributed by atoms with van der Waals surface area (Å²) in [5.41, 5.74) is 1.29. The van der Waals surface area contributed by atoms with Gasteiger partial charge in [0.2, 0.25) is 5.91 Å². The van der Waals surface area contributed by atoms with E-state index in [9.17, 15) is 4.79 Å². The van der Waals surface area contributed by atoms with Gasteiger partial charge in [0.05, 0.1) is 6.54 Å². The summed E-state index contributed by atoms with van der Waals surface area (Å²) >= 11 is 0. The number of likely N-dealkylation sites (N-methyl/N-ethyl adjacent to an activating group) is 1. The number of pyridine rings is 1. The van der Waals surface area contributed by atoms with Gasteiger partial charge < -0.3 is 4.90 Å². The second kappa shape index (κ2) is 5.92. The van der Waals surface area contributed by atoms with Crippen LogP contribution in [0.4, 0.5) is 0 Å². The quantitative estimate of drug-likeness (QED) is 0.825. The first-order valence-electron chi connectivity index (χ1n) is 7.73. The number of aromatic nitrogens is 1. The lowest BCUT2D eigenvalue weighted by Gasteiger charge is -2.28. The maximum Gasteiger partial charge on any atom is 0.237 e. The molecule has 0 N–H and O–H groups in total. The molecule has 1 atom stereocenters. The van der Waals surface area contributed by atoms with Crippen LogP contribution < -0.4 is 0 Å². The highest BCUT2D eigenvalue weighted by atomic mass is 16.2. The van der Waals surface area contributed by atoms with Crippen LogP contribution in [0.15, 0.2) is 24.5 Å². The van der Waals surface area contributed by atoms with Crippen LogP contribution in [-0.4, -0.2) is 46.4 Å². The maximum absolute atomic E-state index is 12.5. The van der Waals surface area contributed by atoms with Crippen molar-refractivity contribution in [3.8, 4) is 0 Å². The van der Waals surface area contributed by atoms with Crippen LogP contribution in [0.1, 0.15) is 44.2 Å². The Kier molecular flexibility index (Phi) is 4.01. The fourth-order valence-corrected chi connectivity index (χ4v) is 3.27. The molecule has 108 valence electrons. The summed E-state index contributed by atoms with van der Waals surface area (Å²) in [6.45, 7) is 4.52. The summed E-state index contributed by atoms with van der Waals surface area (Å²) < 4.78 is 0. The van der Waals surface area contributed by atoms with E-state index in [2.05, 4.69) is 33.8 Å². The van der Waals surface area contributed by atoms with Gasteiger partial charge in [-0.25, -0.2) is 0 Å². The number of likely N-dealkylation sites (tertiary alicyclic amines) is 1. The summed E-state index contributed by atoms with van der Waals surface area (Å²) in [5, 5.41) is 0. The van der Waals surface area contributed by atoms with Gasteiger partial charge in [0.15, 0.2) is 0 Å². The highest BCUT2D eigenvalue weighted by Crippen LogP contribution is 2.32. The van der Waals surface area contributed by atoms with Crippen LogP contribution in [0.2, 0.25) is 0 Å². The van der Waals surface area contributed by atoms with Crippen molar-refractivity contribution in [1.82, 2.24) is 14.8 Å². The average Bonchev–Trinajstić information content (AvgIpc) is 3.19. The summed E-state index contributed by atoms with van der Waals surface area (Å²) in [6, 6.07) is 5.06. The summed E-state index contributed by atoms with van der Waals surface area (Å²) in [4.78, 5) is 20.9. The van der Waals surface area contributed by atoms with Crippen molar-refractivity contribution >= 4 is 5.91 Å². The Balaban J connectivity index is 1.65. The first kappa shape index (κ1) is 13.6. The van der Waals surface area contributed by atoms with Crippen molar-refractivity contribution in [2.75, 3.05) is 19.6 Å². The lowest BCUT2D eigenvalue weighted by Crippen LogP contribution is -2.41. The van der Waals surface area contributed by atoms with Gasteiger partial charge in [-0.05, 0) is 56.8 Å². The molecule has 1 amide bonds. The molecule has 0 unspecified atom stereocenters. The number of nitrogens with zero attached hydrogens (tertiary/aromatic N) is 3. The molecule has 4 nitrogen and oxygen atoms in total. The molecule has 1 aliphatic heterocycles. The van der Waals surface area contributed by atoms with E-state index in [-0.39, 0.29) is 0 Å². The van der Waals surface area contributed by atoms with Crippen molar-refractivity contribution in [3.63, 3.8) is 0 Å². The molecule has 0 bridgehead atoms. The second-order valence-corrected chi connectivity index (χ2v) is 5.82. The van der Waals surface area contributed by atoms with Crippen LogP contribution >= 0.6 is 0 Å². The fourth-order valence-electron chi connectivity index (χ4n) is 3.27. The van der Waals surface area contributed by atoms with Gasteiger partial charge in [-0.2, -0.15) is 0 Å². The Morgan fingerprint density at radius 1 is 1.35 bits per heavy atom. The Bertz CT molecular complexity index is 458. The third-order valence-corrected chi connectivity index (χ3v) is 4.44. The zero-order valence-electron chi connectivity index (χ0n) is 12.2. The van der Waals surface area contributed by atoms with Crippen LogP contribution in [0, 0.1) is 0 Å². The highest BCUT2D eigenvalue weighted by Gasteiger charge is 2.34. The molecule has 20 heavy (non-hydrogen) atoms. The van der Waals surface area contributed by atoms with E-state index >= 15 is 0 Å². The van der Waals surface area contributed by atoms with Gasteiger partial charge in [-0.3, -0.25) is 14.7 Å². The molecule has 0 radical (unpaired) electrons. The first-order chi connectivity index (χ1) is 9.79. The second-order valence-electron chi connectivity index (χ2n) is 5.82. The number of rotatable bonds is 5. The van der Waals surface area contributed by atoms with E-state index in [1.54, 1.807) is 0 Å². The zero-order chi connectivity index (χ0) is 13.9.